The van der Waals surface area contributed by atoms with Crippen LogP contribution in [-0.4, -0.2) is 30.6 Å². The van der Waals surface area contributed by atoms with Crippen LogP contribution >= 0.6 is 0 Å². The van der Waals surface area contributed by atoms with Gasteiger partial charge in [0.1, 0.15) is 11.2 Å². The molecule has 0 aliphatic carbocycles. The number of unbranched alkanes of at least 4 members (excludes halogenated alkanes) is 2. The molecular formula is C21H31N3O2. The van der Waals surface area contributed by atoms with E-state index in [1.165, 1.54) is 31.4 Å². The van der Waals surface area contributed by atoms with Crippen molar-refractivity contribution in [2.24, 2.45) is 0 Å². The molecule has 2 rings (SSSR count). The van der Waals surface area contributed by atoms with Gasteiger partial charge in [0.2, 0.25) is 0 Å². The summed E-state index contributed by atoms with van der Waals surface area (Å²) in [5, 5.41) is 5.57. The highest BCUT2D eigenvalue weighted by Crippen LogP contribution is 2.20. The van der Waals surface area contributed by atoms with Gasteiger partial charge in [0.15, 0.2) is 0 Å². The smallest absolute Gasteiger partial charge is 0.258 e. The van der Waals surface area contributed by atoms with E-state index < -0.39 is 5.66 Å². The number of hydrogen-bond donors (Lipinski definition) is 2. The van der Waals surface area contributed by atoms with Gasteiger partial charge >= 0.3 is 0 Å². The molecule has 1 heterocycles. The number of carbonyl (C=O) groups is 2. The van der Waals surface area contributed by atoms with Crippen LogP contribution in [0.2, 0.25) is 0 Å². The summed E-state index contributed by atoms with van der Waals surface area (Å²) in [6.07, 6.45) is 6.34. The van der Waals surface area contributed by atoms with Crippen molar-refractivity contribution < 1.29 is 9.59 Å². The molecule has 2 amide bonds. The highest BCUT2D eigenvalue weighted by molar-refractivity contribution is 6.23. The first-order chi connectivity index (χ1) is 12.4. The molecule has 1 aromatic rings. The second-order valence-electron chi connectivity index (χ2n) is 7.38. The van der Waals surface area contributed by atoms with Crippen molar-refractivity contribution in [2.75, 3.05) is 18.0 Å². The molecule has 1 aliphatic rings. The minimum absolute atomic E-state index is 0.144. The van der Waals surface area contributed by atoms with E-state index in [-0.39, 0.29) is 17.4 Å². The number of benzene rings is 1. The first-order valence-corrected chi connectivity index (χ1v) is 9.58. The van der Waals surface area contributed by atoms with Crippen molar-refractivity contribution in [1.29, 1.82) is 0 Å². The molecule has 0 saturated carbocycles. The fraction of sp³-hybridized carbons (Fsp3) is 0.524. The molecule has 0 spiro atoms. The summed E-state index contributed by atoms with van der Waals surface area (Å²) in [5.41, 5.74) is 1.47. The summed E-state index contributed by atoms with van der Waals surface area (Å²) < 4.78 is 0. The molecule has 2 N–H and O–H groups in total. The van der Waals surface area contributed by atoms with Crippen molar-refractivity contribution in [1.82, 2.24) is 10.6 Å². The number of nitrogens with zero attached hydrogens (tertiary/aromatic N) is 1. The summed E-state index contributed by atoms with van der Waals surface area (Å²) in [6.45, 7) is 10.0. The van der Waals surface area contributed by atoms with Gasteiger partial charge in [-0.1, -0.05) is 38.8 Å². The van der Waals surface area contributed by atoms with Gasteiger partial charge in [-0.3, -0.25) is 9.59 Å². The minimum Gasteiger partial charge on any atom is -0.372 e. The van der Waals surface area contributed by atoms with E-state index in [0.29, 0.717) is 0 Å². The predicted octanol–water partition coefficient (Wildman–Crippen LogP) is 3.46. The molecule has 5 heteroatoms. The Kier molecular flexibility index (Phi) is 6.83. The Labute approximate surface area is 156 Å². The van der Waals surface area contributed by atoms with E-state index in [2.05, 4.69) is 41.5 Å². The van der Waals surface area contributed by atoms with Gasteiger partial charge in [-0.2, -0.15) is 0 Å². The average molecular weight is 357 g/mol. The second kappa shape index (κ2) is 8.88. The maximum absolute atomic E-state index is 12.2. The molecule has 142 valence electrons. The van der Waals surface area contributed by atoms with Crippen LogP contribution in [-0.2, 0) is 9.59 Å². The summed E-state index contributed by atoms with van der Waals surface area (Å²) in [5.74, 6) is -0.675. The summed E-state index contributed by atoms with van der Waals surface area (Å²) in [7, 11) is 0. The van der Waals surface area contributed by atoms with Crippen molar-refractivity contribution in [2.45, 2.75) is 59.0 Å². The van der Waals surface area contributed by atoms with Crippen molar-refractivity contribution >= 4 is 23.6 Å². The highest BCUT2D eigenvalue weighted by Gasteiger charge is 2.33. The lowest BCUT2D eigenvalue weighted by atomic mass is 10.0. The zero-order chi connectivity index (χ0) is 19.2. The molecule has 1 saturated heterocycles. The molecule has 1 fully saturated rings. The van der Waals surface area contributed by atoms with E-state index in [9.17, 15) is 9.59 Å². The third-order valence-electron chi connectivity index (χ3n) is 4.47. The highest BCUT2D eigenvalue weighted by atomic mass is 16.2. The third kappa shape index (κ3) is 5.35. The van der Waals surface area contributed by atoms with Crippen molar-refractivity contribution in [3.05, 3.63) is 35.4 Å². The van der Waals surface area contributed by atoms with Crippen LogP contribution in [0.1, 0.15) is 58.9 Å². The Morgan fingerprint density at radius 1 is 0.923 bits per heavy atom. The second-order valence-corrected chi connectivity index (χ2v) is 7.38. The van der Waals surface area contributed by atoms with Gasteiger partial charge < -0.3 is 15.5 Å². The Hall–Kier alpha value is -2.30. The number of nitrogens with one attached hydrogen (secondary N) is 2. The summed E-state index contributed by atoms with van der Waals surface area (Å²) in [6, 6.07) is 8.07. The Morgan fingerprint density at radius 2 is 1.42 bits per heavy atom. The van der Waals surface area contributed by atoms with Gasteiger partial charge in [0, 0.05) is 18.8 Å². The van der Waals surface area contributed by atoms with Crippen LogP contribution in [0.25, 0.3) is 6.08 Å². The molecule has 0 unspecified atom stereocenters. The lowest BCUT2D eigenvalue weighted by molar-refractivity contribution is -0.129. The number of carbonyl (C=O) groups excluding carboxylic acids is 2. The zero-order valence-corrected chi connectivity index (χ0v) is 16.4. The molecule has 26 heavy (non-hydrogen) atoms. The van der Waals surface area contributed by atoms with E-state index in [1.807, 2.05) is 12.1 Å². The van der Waals surface area contributed by atoms with Gasteiger partial charge in [-0.05, 0) is 50.5 Å². The molecule has 0 bridgehead atoms. The Bertz CT molecular complexity index is 632. The van der Waals surface area contributed by atoms with Crippen LogP contribution in [0.15, 0.2) is 29.8 Å². The molecule has 0 radical (unpaired) electrons. The topological polar surface area (TPSA) is 61.4 Å². The van der Waals surface area contributed by atoms with E-state index in [4.69, 9.17) is 0 Å². The van der Waals surface area contributed by atoms with Crippen LogP contribution in [0.5, 0.6) is 0 Å². The average Bonchev–Trinajstić information content (AvgIpc) is 2.58. The van der Waals surface area contributed by atoms with E-state index in [1.54, 1.807) is 19.9 Å². The fourth-order valence-electron chi connectivity index (χ4n) is 2.98. The zero-order valence-electron chi connectivity index (χ0n) is 16.4. The largest absolute Gasteiger partial charge is 0.372 e. The summed E-state index contributed by atoms with van der Waals surface area (Å²) >= 11 is 0. The third-order valence-corrected chi connectivity index (χ3v) is 4.47. The quantitative estimate of drug-likeness (QED) is 0.553. The predicted molar refractivity (Wildman–Crippen MR) is 107 cm³/mol. The van der Waals surface area contributed by atoms with Crippen LogP contribution < -0.4 is 15.5 Å². The van der Waals surface area contributed by atoms with Gasteiger partial charge in [-0.25, -0.2) is 0 Å². The number of hydrogen-bond acceptors (Lipinski definition) is 3. The molecule has 5 nitrogen and oxygen atoms in total. The molecular weight excluding hydrogens is 326 g/mol. The van der Waals surface area contributed by atoms with E-state index in [0.717, 1.165) is 18.7 Å². The van der Waals surface area contributed by atoms with E-state index >= 15 is 0 Å². The van der Waals surface area contributed by atoms with Crippen LogP contribution in [0.3, 0.4) is 0 Å². The number of amides is 2. The molecule has 0 atom stereocenters. The number of rotatable bonds is 8. The SMILES string of the molecule is CCCCN(CCCC)c1ccc(C=C2C(=O)NC(C)(C)NC2=O)cc1. The maximum atomic E-state index is 12.2. The number of anilines is 1. The first kappa shape index (κ1) is 20.0. The maximum Gasteiger partial charge on any atom is 0.258 e. The Morgan fingerprint density at radius 3 is 1.88 bits per heavy atom. The van der Waals surface area contributed by atoms with Crippen LogP contribution in [0, 0.1) is 0 Å². The normalized spacial score (nSPS) is 16.1. The molecule has 1 aliphatic heterocycles. The van der Waals surface area contributed by atoms with Gasteiger partial charge in [-0.15, -0.1) is 0 Å². The molecule has 1 aromatic carbocycles. The lowest BCUT2D eigenvalue weighted by Crippen LogP contribution is -2.62. The fourth-order valence-corrected chi connectivity index (χ4v) is 2.98. The molecule has 0 aromatic heterocycles. The standard InChI is InChI=1S/C21H31N3O2/c1-5-7-13-24(14-8-6-2)17-11-9-16(10-12-17)15-18-19(25)22-21(3,4)23-20(18)26/h9-12,15H,5-8,13-14H2,1-4H3,(H,22,25)(H,23,26). The van der Waals surface area contributed by atoms with Crippen LogP contribution in [0.4, 0.5) is 5.69 Å². The summed E-state index contributed by atoms with van der Waals surface area (Å²) in [4.78, 5) is 26.8. The van der Waals surface area contributed by atoms with Gasteiger partial charge in [0.25, 0.3) is 11.8 Å². The van der Waals surface area contributed by atoms with Crippen molar-refractivity contribution in [3.63, 3.8) is 0 Å². The monoisotopic (exact) mass is 357 g/mol. The lowest BCUT2D eigenvalue weighted by Gasteiger charge is -2.32. The first-order valence-electron chi connectivity index (χ1n) is 9.58. The van der Waals surface area contributed by atoms with Crippen molar-refractivity contribution in [3.8, 4) is 0 Å². The van der Waals surface area contributed by atoms with Gasteiger partial charge in [0.05, 0.1) is 0 Å². The Balaban J connectivity index is 2.15. The minimum atomic E-state index is -0.714.